The molecule has 2 rings (SSSR count). The highest BCUT2D eigenvalue weighted by Crippen LogP contribution is 2.24. The van der Waals surface area contributed by atoms with Gasteiger partial charge in [0.2, 0.25) is 0 Å². The molecule has 2 aromatic rings. The molecule has 126 valence electrons. The van der Waals surface area contributed by atoms with Crippen LogP contribution in [0, 0.1) is 6.92 Å². The summed E-state index contributed by atoms with van der Waals surface area (Å²) >= 11 is 0. The first kappa shape index (κ1) is 17.6. The molecule has 24 heavy (non-hydrogen) atoms. The smallest absolute Gasteiger partial charge is 0.330 e. The molecule has 1 atom stereocenters. The average Bonchev–Trinajstić information content (AvgIpc) is 2.57. The van der Waals surface area contributed by atoms with Crippen LogP contribution >= 0.6 is 0 Å². The van der Waals surface area contributed by atoms with E-state index in [1.807, 2.05) is 62.4 Å². The summed E-state index contributed by atoms with van der Waals surface area (Å²) < 4.78 is 16.3. The fraction of sp³-hybridized carbons (Fsp3) is 0.250. The summed E-state index contributed by atoms with van der Waals surface area (Å²) in [5, 5.41) is 0. The van der Waals surface area contributed by atoms with Crippen LogP contribution in [0.15, 0.2) is 60.7 Å². The van der Waals surface area contributed by atoms with E-state index in [0.717, 1.165) is 11.5 Å². The molecular weight excluding hydrogens is 304 g/mol. The molecule has 0 saturated heterocycles. The number of aryl methyl sites for hydroxylation is 1. The summed E-state index contributed by atoms with van der Waals surface area (Å²) in [5.74, 6) is 1.86. The molecular formula is C20H22O4. The summed E-state index contributed by atoms with van der Waals surface area (Å²) in [4.78, 5) is 11.3. The van der Waals surface area contributed by atoms with Gasteiger partial charge in [0, 0.05) is 6.08 Å². The maximum absolute atomic E-state index is 11.3. The van der Waals surface area contributed by atoms with Crippen molar-refractivity contribution in [1.82, 2.24) is 0 Å². The van der Waals surface area contributed by atoms with Crippen molar-refractivity contribution >= 4 is 5.97 Å². The van der Waals surface area contributed by atoms with Gasteiger partial charge < -0.3 is 14.2 Å². The van der Waals surface area contributed by atoms with Gasteiger partial charge in [0.25, 0.3) is 0 Å². The molecule has 0 fully saturated rings. The van der Waals surface area contributed by atoms with Gasteiger partial charge in [-0.1, -0.05) is 17.7 Å². The number of ether oxygens (including phenoxy) is 3. The Kier molecular flexibility index (Phi) is 6.43. The number of hydrogen-bond donors (Lipinski definition) is 0. The number of benzene rings is 2. The number of rotatable bonds is 7. The van der Waals surface area contributed by atoms with Crippen molar-refractivity contribution in [1.29, 1.82) is 0 Å². The maximum atomic E-state index is 11.3. The van der Waals surface area contributed by atoms with Gasteiger partial charge in [-0.2, -0.15) is 0 Å². The lowest BCUT2D eigenvalue weighted by Gasteiger charge is -2.12. The largest absolute Gasteiger partial charge is 0.487 e. The van der Waals surface area contributed by atoms with Crippen LogP contribution in [-0.2, 0) is 9.53 Å². The minimum absolute atomic E-state index is 0.238. The third-order valence-electron chi connectivity index (χ3n) is 3.19. The Morgan fingerprint density at radius 2 is 1.54 bits per heavy atom. The molecule has 0 bridgehead atoms. The molecule has 0 radical (unpaired) electrons. The van der Waals surface area contributed by atoms with Gasteiger partial charge in [-0.25, -0.2) is 4.79 Å². The minimum atomic E-state index is -0.366. The first-order valence-electron chi connectivity index (χ1n) is 7.93. The lowest BCUT2D eigenvalue weighted by atomic mass is 10.2. The summed E-state index contributed by atoms with van der Waals surface area (Å²) in [6, 6.07) is 15.2. The van der Waals surface area contributed by atoms with E-state index in [-0.39, 0.29) is 12.1 Å². The van der Waals surface area contributed by atoms with E-state index in [2.05, 4.69) is 0 Å². The molecule has 0 saturated carbocycles. The molecule has 4 heteroatoms. The second-order valence-corrected chi connectivity index (χ2v) is 5.32. The van der Waals surface area contributed by atoms with Gasteiger partial charge in [0.1, 0.15) is 23.4 Å². The Bertz CT molecular complexity index is 672. The normalized spacial score (nSPS) is 12.0. The predicted molar refractivity (Wildman–Crippen MR) is 93.6 cm³/mol. The fourth-order valence-corrected chi connectivity index (χ4v) is 1.99. The van der Waals surface area contributed by atoms with Crippen molar-refractivity contribution in [3.05, 3.63) is 66.2 Å². The SMILES string of the molecule is CCOC(=O)C=CC(C)Oc1ccc(Oc2ccc(C)cc2)cc1. The van der Waals surface area contributed by atoms with E-state index in [0.29, 0.717) is 12.4 Å². The first-order chi connectivity index (χ1) is 11.6. The lowest BCUT2D eigenvalue weighted by Crippen LogP contribution is -2.09. The maximum Gasteiger partial charge on any atom is 0.330 e. The average molecular weight is 326 g/mol. The summed E-state index contributed by atoms with van der Waals surface area (Å²) in [5.41, 5.74) is 1.19. The molecule has 0 heterocycles. The third-order valence-corrected chi connectivity index (χ3v) is 3.19. The van der Waals surface area contributed by atoms with Crippen LogP contribution in [0.3, 0.4) is 0 Å². The molecule has 0 amide bonds. The van der Waals surface area contributed by atoms with Crippen molar-refractivity contribution in [3.63, 3.8) is 0 Å². The van der Waals surface area contributed by atoms with Gasteiger partial charge >= 0.3 is 5.97 Å². The highest BCUT2D eigenvalue weighted by atomic mass is 16.5. The van der Waals surface area contributed by atoms with E-state index in [4.69, 9.17) is 14.2 Å². The Morgan fingerprint density at radius 3 is 2.12 bits per heavy atom. The van der Waals surface area contributed by atoms with Gasteiger partial charge in [-0.15, -0.1) is 0 Å². The van der Waals surface area contributed by atoms with Crippen molar-refractivity contribution < 1.29 is 19.0 Å². The number of carbonyl (C=O) groups excluding carboxylic acids is 1. The highest BCUT2D eigenvalue weighted by Gasteiger charge is 2.03. The van der Waals surface area contributed by atoms with E-state index in [1.54, 1.807) is 13.0 Å². The van der Waals surface area contributed by atoms with Crippen LogP contribution in [0.1, 0.15) is 19.4 Å². The Hall–Kier alpha value is -2.75. The molecule has 0 spiro atoms. The topological polar surface area (TPSA) is 44.8 Å². The zero-order valence-electron chi connectivity index (χ0n) is 14.2. The summed E-state index contributed by atoms with van der Waals surface area (Å²) in [7, 11) is 0. The Balaban J connectivity index is 1.89. The lowest BCUT2D eigenvalue weighted by molar-refractivity contribution is -0.137. The quantitative estimate of drug-likeness (QED) is 0.548. The summed E-state index contributed by atoms with van der Waals surface area (Å²) in [6.07, 6.45) is 2.80. The molecule has 0 aliphatic rings. The van der Waals surface area contributed by atoms with Crippen LogP contribution in [0.5, 0.6) is 17.2 Å². The van der Waals surface area contributed by atoms with Gasteiger partial charge in [0.05, 0.1) is 6.61 Å². The van der Waals surface area contributed by atoms with E-state index in [9.17, 15) is 4.79 Å². The van der Waals surface area contributed by atoms with Gasteiger partial charge in [0.15, 0.2) is 0 Å². The molecule has 0 N–H and O–H groups in total. The van der Waals surface area contributed by atoms with E-state index in [1.165, 1.54) is 11.6 Å². The van der Waals surface area contributed by atoms with Crippen LogP contribution < -0.4 is 9.47 Å². The zero-order valence-corrected chi connectivity index (χ0v) is 14.2. The zero-order chi connectivity index (χ0) is 17.4. The van der Waals surface area contributed by atoms with Crippen molar-refractivity contribution in [2.45, 2.75) is 26.9 Å². The summed E-state index contributed by atoms with van der Waals surface area (Å²) in [6.45, 7) is 6.02. The minimum Gasteiger partial charge on any atom is -0.487 e. The third kappa shape index (κ3) is 5.80. The van der Waals surface area contributed by atoms with Crippen molar-refractivity contribution in [2.75, 3.05) is 6.61 Å². The Labute approximate surface area is 142 Å². The molecule has 1 unspecified atom stereocenters. The van der Waals surface area contributed by atoms with Crippen LogP contribution in [0.2, 0.25) is 0 Å². The van der Waals surface area contributed by atoms with E-state index < -0.39 is 0 Å². The van der Waals surface area contributed by atoms with Crippen LogP contribution in [-0.4, -0.2) is 18.7 Å². The van der Waals surface area contributed by atoms with Gasteiger partial charge in [-0.3, -0.25) is 0 Å². The molecule has 4 nitrogen and oxygen atoms in total. The van der Waals surface area contributed by atoms with Crippen molar-refractivity contribution in [3.8, 4) is 17.2 Å². The predicted octanol–water partition coefficient (Wildman–Crippen LogP) is 4.67. The molecule has 0 aliphatic heterocycles. The van der Waals surface area contributed by atoms with Crippen LogP contribution in [0.4, 0.5) is 0 Å². The van der Waals surface area contributed by atoms with Gasteiger partial charge in [-0.05, 0) is 63.2 Å². The Morgan fingerprint density at radius 1 is 1.00 bits per heavy atom. The number of esters is 1. The standard InChI is InChI=1S/C20H22O4/c1-4-22-20(21)14-7-16(3)23-17-10-12-19(13-11-17)24-18-8-5-15(2)6-9-18/h5-14,16H,4H2,1-3H3. The van der Waals surface area contributed by atoms with E-state index >= 15 is 0 Å². The number of hydrogen-bond acceptors (Lipinski definition) is 4. The van der Waals surface area contributed by atoms with Crippen LogP contribution in [0.25, 0.3) is 0 Å². The fourth-order valence-electron chi connectivity index (χ4n) is 1.99. The molecule has 2 aromatic carbocycles. The van der Waals surface area contributed by atoms with Crippen molar-refractivity contribution in [2.24, 2.45) is 0 Å². The second-order valence-electron chi connectivity index (χ2n) is 5.32. The monoisotopic (exact) mass is 326 g/mol. The molecule has 0 aliphatic carbocycles. The second kappa shape index (κ2) is 8.77. The molecule has 0 aromatic heterocycles. The number of carbonyl (C=O) groups is 1. The highest BCUT2D eigenvalue weighted by molar-refractivity contribution is 5.81. The first-order valence-corrected chi connectivity index (χ1v) is 7.93.